The summed E-state index contributed by atoms with van der Waals surface area (Å²) in [5.74, 6) is 0.386. The molecule has 0 bridgehead atoms. The molecule has 3 N–H and O–H groups in total. The molecular formula is C19H24ClN3O2S. The molecule has 0 unspecified atom stereocenters. The number of halogens is 1. The summed E-state index contributed by atoms with van der Waals surface area (Å²) in [6.45, 7) is 7.81. The van der Waals surface area contributed by atoms with Gasteiger partial charge in [0.15, 0.2) is 5.52 Å². The molecule has 0 atom stereocenters. The third-order valence-electron chi connectivity index (χ3n) is 4.86. The first-order valence-corrected chi connectivity index (χ1v) is 9.66. The Morgan fingerprint density at radius 1 is 1.23 bits per heavy atom. The van der Waals surface area contributed by atoms with E-state index < -0.39 is 0 Å². The van der Waals surface area contributed by atoms with Gasteiger partial charge in [-0.05, 0) is 30.7 Å². The van der Waals surface area contributed by atoms with Gasteiger partial charge in [0.1, 0.15) is 5.75 Å². The van der Waals surface area contributed by atoms with E-state index in [0.29, 0.717) is 5.75 Å². The van der Waals surface area contributed by atoms with Crippen LogP contribution in [0.2, 0.25) is 0 Å². The smallest absolute Gasteiger partial charge is 0.332 e. The van der Waals surface area contributed by atoms with Crippen LogP contribution < -0.4 is 22.7 Å². The summed E-state index contributed by atoms with van der Waals surface area (Å²) < 4.78 is 6.50. The fourth-order valence-corrected chi connectivity index (χ4v) is 4.47. The van der Waals surface area contributed by atoms with Crippen LogP contribution in [0.5, 0.6) is 5.75 Å². The number of H-pyrrole nitrogens is 1. The summed E-state index contributed by atoms with van der Waals surface area (Å²) in [7, 11) is 0. The van der Waals surface area contributed by atoms with E-state index in [-0.39, 0.29) is 12.4 Å². The molecule has 2 heterocycles. The average Bonchev–Trinajstić information content (AvgIpc) is 3.09. The minimum Gasteiger partial charge on any atom is -1.00 e. The molecular weight excluding hydrogens is 370 g/mol. The van der Waals surface area contributed by atoms with Crippen LogP contribution in [-0.4, -0.2) is 49.4 Å². The SMILES string of the molecule is Cc1c(O)c2ccccc2c2[nH+]c(NCCCN3CCOCC3)sc12.[Cl-]. The number of phenolic OH excluding ortho intramolecular Hbond substituents is 1. The van der Waals surface area contributed by atoms with Crippen LogP contribution in [0.1, 0.15) is 12.0 Å². The van der Waals surface area contributed by atoms with Gasteiger partial charge in [-0.3, -0.25) is 10.2 Å². The van der Waals surface area contributed by atoms with Crippen LogP contribution in [0.25, 0.3) is 21.0 Å². The normalized spacial score (nSPS) is 15.3. The van der Waals surface area contributed by atoms with E-state index in [0.717, 1.165) is 77.5 Å². The lowest BCUT2D eigenvalue weighted by atomic mass is 10.0. The number of fused-ring (bicyclic) bond motifs is 3. The molecule has 1 fully saturated rings. The highest BCUT2D eigenvalue weighted by atomic mass is 35.5. The maximum Gasteiger partial charge on any atom is 0.332 e. The van der Waals surface area contributed by atoms with E-state index >= 15 is 0 Å². The fraction of sp³-hybridized carbons (Fsp3) is 0.421. The molecule has 3 aromatic rings. The third-order valence-corrected chi connectivity index (χ3v) is 6.02. The monoisotopic (exact) mass is 393 g/mol. The summed E-state index contributed by atoms with van der Waals surface area (Å²) in [6.07, 6.45) is 1.10. The quantitative estimate of drug-likeness (QED) is 0.600. The number of anilines is 1. The number of aromatic amines is 1. The molecule has 0 aliphatic carbocycles. The predicted octanol–water partition coefficient (Wildman–Crippen LogP) is 0.0208. The summed E-state index contributed by atoms with van der Waals surface area (Å²) in [6, 6.07) is 8.00. The maximum absolute atomic E-state index is 10.5. The summed E-state index contributed by atoms with van der Waals surface area (Å²) >= 11 is 1.68. The minimum absolute atomic E-state index is 0. The lowest BCUT2D eigenvalue weighted by Crippen LogP contribution is -3.00. The van der Waals surface area contributed by atoms with Crippen LogP contribution in [0.15, 0.2) is 24.3 Å². The van der Waals surface area contributed by atoms with Gasteiger partial charge in [0.25, 0.3) is 0 Å². The minimum atomic E-state index is 0. The van der Waals surface area contributed by atoms with E-state index in [1.165, 1.54) is 0 Å². The Bertz CT molecular complexity index is 893. The summed E-state index contributed by atoms with van der Waals surface area (Å²) in [5.41, 5.74) is 2.04. The van der Waals surface area contributed by atoms with Crippen molar-refractivity contribution in [2.45, 2.75) is 13.3 Å². The standard InChI is InChI=1S/C19H23N3O2S.ClH/c1-13-17(23)15-6-3-2-5-14(15)16-18(13)25-19(21-16)20-7-4-8-22-9-11-24-12-10-22;/h2-3,5-6,23H,4,7-12H2,1H3,(H,20,21);1H. The maximum atomic E-state index is 10.5. The predicted molar refractivity (Wildman–Crippen MR) is 103 cm³/mol. The highest BCUT2D eigenvalue weighted by Gasteiger charge is 2.18. The van der Waals surface area contributed by atoms with Crippen LogP contribution >= 0.6 is 11.3 Å². The first-order chi connectivity index (χ1) is 12.2. The third kappa shape index (κ3) is 3.74. The molecule has 1 aliphatic heterocycles. The number of aryl methyl sites for hydroxylation is 1. The second-order valence-electron chi connectivity index (χ2n) is 6.51. The number of hydrogen-bond donors (Lipinski definition) is 2. The zero-order chi connectivity index (χ0) is 17.2. The molecule has 2 aromatic carbocycles. The largest absolute Gasteiger partial charge is 1.00 e. The Hall–Kier alpha value is -1.60. The first kappa shape index (κ1) is 19.2. The molecule has 1 saturated heterocycles. The number of phenols is 1. The topological polar surface area (TPSA) is 58.9 Å². The second-order valence-corrected chi connectivity index (χ2v) is 7.53. The molecule has 1 aliphatic rings. The summed E-state index contributed by atoms with van der Waals surface area (Å²) in [4.78, 5) is 5.96. The number of rotatable bonds is 5. The van der Waals surface area contributed by atoms with E-state index in [2.05, 4.69) is 21.3 Å². The van der Waals surface area contributed by atoms with Gasteiger partial charge >= 0.3 is 5.13 Å². The van der Waals surface area contributed by atoms with Crippen molar-refractivity contribution in [2.24, 2.45) is 0 Å². The first-order valence-electron chi connectivity index (χ1n) is 8.84. The van der Waals surface area contributed by atoms with E-state index in [9.17, 15) is 5.11 Å². The Morgan fingerprint density at radius 2 is 1.96 bits per heavy atom. The van der Waals surface area contributed by atoms with Crippen molar-refractivity contribution in [1.29, 1.82) is 0 Å². The highest BCUT2D eigenvalue weighted by Crippen LogP contribution is 2.38. The lowest BCUT2D eigenvalue weighted by molar-refractivity contribution is -0.320. The van der Waals surface area contributed by atoms with Gasteiger partial charge in [-0.2, -0.15) is 0 Å². The van der Waals surface area contributed by atoms with Crippen LogP contribution in [-0.2, 0) is 4.74 Å². The van der Waals surface area contributed by atoms with Crippen molar-refractivity contribution in [1.82, 2.24) is 4.90 Å². The zero-order valence-corrected chi connectivity index (χ0v) is 16.4. The van der Waals surface area contributed by atoms with Crippen molar-refractivity contribution in [3.8, 4) is 5.75 Å². The number of nitrogens with zero attached hydrogens (tertiary/aromatic N) is 1. The van der Waals surface area contributed by atoms with Gasteiger partial charge in [-0.15, -0.1) is 0 Å². The van der Waals surface area contributed by atoms with Crippen molar-refractivity contribution < 1.29 is 27.2 Å². The molecule has 7 heteroatoms. The molecule has 140 valence electrons. The van der Waals surface area contributed by atoms with Gasteiger partial charge < -0.3 is 22.3 Å². The van der Waals surface area contributed by atoms with Crippen LogP contribution in [0.3, 0.4) is 0 Å². The number of thiazole rings is 1. The number of ether oxygens (including phenoxy) is 1. The number of nitrogens with one attached hydrogen (secondary N) is 2. The van der Waals surface area contributed by atoms with Gasteiger partial charge in [0, 0.05) is 36.0 Å². The van der Waals surface area contributed by atoms with E-state index in [1.807, 2.05) is 25.1 Å². The Kier molecular flexibility index (Phi) is 6.19. The Labute approximate surface area is 163 Å². The van der Waals surface area contributed by atoms with Gasteiger partial charge in [-0.25, -0.2) is 4.98 Å². The zero-order valence-electron chi connectivity index (χ0n) is 14.8. The van der Waals surface area contributed by atoms with Gasteiger partial charge in [-0.1, -0.05) is 18.2 Å². The van der Waals surface area contributed by atoms with Crippen molar-refractivity contribution >= 4 is 37.5 Å². The van der Waals surface area contributed by atoms with Crippen LogP contribution in [0.4, 0.5) is 5.13 Å². The molecule has 26 heavy (non-hydrogen) atoms. The molecule has 0 radical (unpaired) electrons. The second kappa shape index (κ2) is 8.39. The van der Waals surface area contributed by atoms with Gasteiger partial charge in [0.05, 0.1) is 24.5 Å². The number of aromatic hydroxyl groups is 1. The molecule has 0 amide bonds. The summed E-state index contributed by atoms with van der Waals surface area (Å²) in [5, 5.41) is 17.0. The molecule has 5 nitrogen and oxygen atoms in total. The van der Waals surface area contributed by atoms with E-state index in [4.69, 9.17) is 4.74 Å². The molecule has 0 spiro atoms. The molecule has 4 rings (SSSR count). The van der Waals surface area contributed by atoms with E-state index in [1.54, 1.807) is 11.3 Å². The lowest BCUT2D eigenvalue weighted by Gasteiger charge is -2.26. The number of benzene rings is 2. The fourth-order valence-electron chi connectivity index (χ4n) is 3.43. The number of morpholine rings is 1. The molecule has 1 aromatic heterocycles. The van der Waals surface area contributed by atoms with Crippen molar-refractivity contribution in [3.63, 3.8) is 0 Å². The van der Waals surface area contributed by atoms with Gasteiger partial charge in [0.2, 0.25) is 0 Å². The average molecular weight is 394 g/mol. The van der Waals surface area contributed by atoms with Crippen molar-refractivity contribution in [3.05, 3.63) is 29.8 Å². The Balaban J connectivity index is 0.00000196. The molecule has 0 saturated carbocycles. The Morgan fingerprint density at radius 3 is 2.73 bits per heavy atom. The van der Waals surface area contributed by atoms with Crippen LogP contribution in [0, 0.1) is 6.92 Å². The highest BCUT2D eigenvalue weighted by molar-refractivity contribution is 7.22. The van der Waals surface area contributed by atoms with Crippen molar-refractivity contribution in [2.75, 3.05) is 44.7 Å². The number of aromatic nitrogens is 1. The number of hydrogen-bond acceptors (Lipinski definition) is 5.